The Kier molecular flexibility index (Phi) is 4.87. The maximum Gasteiger partial charge on any atom is 0.228 e. The SMILES string of the molecule is CN1CCN(c2ccc(NC(=O)C3CCCCC3)nn2)CC1. The lowest BCUT2D eigenvalue weighted by atomic mass is 9.89. The number of aromatic nitrogens is 2. The van der Waals surface area contributed by atoms with Gasteiger partial charge in [-0.2, -0.15) is 0 Å². The third-order valence-electron chi connectivity index (χ3n) is 4.70. The smallest absolute Gasteiger partial charge is 0.228 e. The third kappa shape index (κ3) is 3.74. The fraction of sp³-hybridized carbons (Fsp3) is 0.688. The van der Waals surface area contributed by atoms with Gasteiger partial charge in [-0.15, -0.1) is 10.2 Å². The predicted molar refractivity (Wildman–Crippen MR) is 86.9 cm³/mol. The first-order valence-corrected chi connectivity index (χ1v) is 8.30. The summed E-state index contributed by atoms with van der Waals surface area (Å²) in [6.07, 6.45) is 5.57. The van der Waals surface area contributed by atoms with Gasteiger partial charge in [0, 0.05) is 32.1 Å². The molecule has 0 atom stereocenters. The van der Waals surface area contributed by atoms with Crippen LogP contribution >= 0.6 is 0 Å². The van der Waals surface area contributed by atoms with Crippen molar-refractivity contribution in [1.82, 2.24) is 15.1 Å². The molecule has 6 nitrogen and oxygen atoms in total. The zero-order valence-corrected chi connectivity index (χ0v) is 13.3. The van der Waals surface area contributed by atoms with E-state index < -0.39 is 0 Å². The molecule has 6 heteroatoms. The Morgan fingerprint density at radius 1 is 1.09 bits per heavy atom. The van der Waals surface area contributed by atoms with E-state index in [0.717, 1.165) is 57.7 Å². The molecule has 2 fully saturated rings. The molecule has 0 aromatic carbocycles. The molecule has 1 aromatic rings. The van der Waals surface area contributed by atoms with Crippen LogP contribution in [-0.4, -0.2) is 54.2 Å². The van der Waals surface area contributed by atoms with Crippen LogP contribution in [0.25, 0.3) is 0 Å². The van der Waals surface area contributed by atoms with Crippen LogP contribution in [0.4, 0.5) is 11.6 Å². The highest BCUT2D eigenvalue weighted by Crippen LogP contribution is 2.24. The number of anilines is 2. The number of hydrogen-bond acceptors (Lipinski definition) is 5. The minimum Gasteiger partial charge on any atom is -0.353 e. The lowest BCUT2D eigenvalue weighted by Crippen LogP contribution is -2.44. The molecule has 0 radical (unpaired) electrons. The van der Waals surface area contributed by atoms with Gasteiger partial charge in [-0.25, -0.2) is 0 Å². The van der Waals surface area contributed by atoms with Crippen molar-refractivity contribution in [1.29, 1.82) is 0 Å². The van der Waals surface area contributed by atoms with Crippen molar-refractivity contribution in [2.24, 2.45) is 5.92 Å². The fourth-order valence-electron chi connectivity index (χ4n) is 3.19. The van der Waals surface area contributed by atoms with Crippen LogP contribution in [0.15, 0.2) is 12.1 Å². The second kappa shape index (κ2) is 7.05. The van der Waals surface area contributed by atoms with E-state index in [1.54, 1.807) is 0 Å². The Bertz CT molecular complexity index is 490. The number of likely N-dealkylation sites (N-methyl/N-ethyl adjacent to an activating group) is 1. The summed E-state index contributed by atoms with van der Waals surface area (Å²) in [7, 11) is 2.13. The molecule has 2 heterocycles. The molecule has 1 saturated heterocycles. The molecule has 1 aliphatic heterocycles. The topological polar surface area (TPSA) is 61.4 Å². The Morgan fingerprint density at radius 2 is 1.82 bits per heavy atom. The highest BCUT2D eigenvalue weighted by molar-refractivity contribution is 5.91. The number of piperazine rings is 1. The Hall–Kier alpha value is -1.69. The van der Waals surface area contributed by atoms with Gasteiger partial charge >= 0.3 is 0 Å². The van der Waals surface area contributed by atoms with Crippen LogP contribution in [-0.2, 0) is 4.79 Å². The number of nitrogens with zero attached hydrogens (tertiary/aromatic N) is 4. The second-order valence-electron chi connectivity index (χ2n) is 6.39. The summed E-state index contributed by atoms with van der Waals surface area (Å²) in [5.74, 6) is 1.70. The quantitative estimate of drug-likeness (QED) is 0.922. The molecule has 1 aliphatic carbocycles. The van der Waals surface area contributed by atoms with E-state index in [1.165, 1.54) is 6.42 Å². The van der Waals surface area contributed by atoms with E-state index in [1.807, 2.05) is 12.1 Å². The van der Waals surface area contributed by atoms with E-state index in [0.29, 0.717) is 5.82 Å². The van der Waals surface area contributed by atoms with Crippen molar-refractivity contribution in [3.63, 3.8) is 0 Å². The number of carbonyl (C=O) groups excluding carboxylic acids is 1. The van der Waals surface area contributed by atoms with Gasteiger partial charge in [0.25, 0.3) is 0 Å². The van der Waals surface area contributed by atoms with Crippen molar-refractivity contribution < 1.29 is 4.79 Å². The van der Waals surface area contributed by atoms with Gasteiger partial charge in [0.1, 0.15) is 0 Å². The Morgan fingerprint density at radius 3 is 2.45 bits per heavy atom. The summed E-state index contributed by atoms with van der Waals surface area (Å²) >= 11 is 0. The summed E-state index contributed by atoms with van der Waals surface area (Å²) in [5, 5.41) is 11.3. The second-order valence-corrected chi connectivity index (χ2v) is 6.39. The molecule has 1 N–H and O–H groups in total. The number of rotatable bonds is 3. The number of amides is 1. The summed E-state index contributed by atoms with van der Waals surface area (Å²) in [5.41, 5.74) is 0. The molecule has 0 spiro atoms. The van der Waals surface area contributed by atoms with Gasteiger partial charge in [0.2, 0.25) is 5.91 Å². The first-order valence-electron chi connectivity index (χ1n) is 8.30. The van der Waals surface area contributed by atoms with E-state index in [2.05, 4.69) is 32.4 Å². The van der Waals surface area contributed by atoms with Gasteiger partial charge in [-0.05, 0) is 32.0 Å². The zero-order chi connectivity index (χ0) is 15.4. The van der Waals surface area contributed by atoms with Gasteiger partial charge in [0.15, 0.2) is 11.6 Å². The van der Waals surface area contributed by atoms with E-state index in [9.17, 15) is 4.79 Å². The molecule has 0 unspecified atom stereocenters. The van der Waals surface area contributed by atoms with Gasteiger partial charge in [-0.3, -0.25) is 4.79 Å². The van der Waals surface area contributed by atoms with Crippen LogP contribution in [0.3, 0.4) is 0 Å². The molecule has 1 aromatic heterocycles. The monoisotopic (exact) mass is 303 g/mol. The molecule has 2 aliphatic rings. The normalized spacial score (nSPS) is 20.9. The van der Waals surface area contributed by atoms with Crippen LogP contribution < -0.4 is 10.2 Å². The van der Waals surface area contributed by atoms with Crippen molar-refractivity contribution in [2.45, 2.75) is 32.1 Å². The zero-order valence-electron chi connectivity index (χ0n) is 13.3. The first kappa shape index (κ1) is 15.2. The molecule has 120 valence electrons. The molecule has 1 amide bonds. The van der Waals surface area contributed by atoms with Crippen molar-refractivity contribution in [2.75, 3.05) is 43.4 Å². The van der Waals surface area contributed by atoms with Crippen molar-refractivity contribution in [3.05, 3.63) is 12.1 Å². The van der Waals surface area contributed by atoms with Crippen molar-refractivity contribution in [3.8, 4) is 0 Å². The van der Waals surface area contributed by atoms with Crippen LogP contribution in [0.2, 0.25) is 0 Å². The van der Waals surface area contributed by atoms with Gasteiger partial charge < -0.3 is 15.1 Å². The minimum atomic E-state index is 0.0985. The number of carbonyl (C=O) groups is 1. The van der Waals surface area contributed by atoms with E-state index >= 15 is 0 Å². The highest BCUT2D eigenvalue weighted by atomic mass is 16.1. The highest BCUT2D eigenvalue weighted by Gasteiger charge is 2.21. The summed E-state index contributed by atoms with van der Waals surface area (Å²) in [4.78, 5) is 16.7. The van der Waals surface area contributed by atoms with Crippen LogP contribution in [0, 0.1) is 5.92 Å². The average Bonchev–Trinajstić information content (AvgIpc) is 2.57. The predicted octanol–water partition coefficient (Wildman–Crippen LogP) is 1.75. The lowest BCUT2D eigenvalue weighted by molar-refractivity contribution is -0.120. The largest absolute Gasteiger partial charge is 0.353 e. The summed E-state index contributed by atoms with van der Waals surface area (Å²) in [6.45, 7) is 4.03. The molecule has 3 rings (SSSR count). The average molecular weight is 303 g/mol. The minimum absolute atomic E-state index is 0.0985. The van der Waals surface area contributed by atoms with Crippen LogP contribution in [0.5, 0.6) is 0 Å². The molecule has 1 saturated carbocycles. The lowest BCUT2D eigenvalue weighted by Gasteiger charge is -2.32. The molecular weight excluding hydrogens is 278 g/mol. The molecule has 0 bridgehead atoms. The summed E-state index contributed by atoms with van der Waals surface area (Å²) < 4.78 is 0. The van der Waals surface area contributed by atoms with Crippen molar-refractivity contribution >= 4 is 17.5 Å². The number of hydrogen-bond donors (Lipinski definition) is 1. The molecular formula is C16H25N5O. The Labute approximate surface area is 131 Å². The fourth-order valence-corrected chi connectivity index (χ4v) is 3.19. The number of nitrogens with one attached hydrogen (secondary N) is 1. The van der Waals surface area contributed by atoms with Gasteiger partial charge in [0.05, 0.1) is 0 Å². The van der Waals surface area contributed by atoms with Crippen LogP contribution in [0.1, 0.15) is 32.1 Å². The standard InChI is InChI=1S/C16H25N5O/c1-20-9-11-21(12-10-20)15-8-7-14(18-19-15)17-16(22)13-5-3-2-4-6-13/h7-8,13H,2-6,9-12H2,1H3,(H,17,18,22). The first-order chi connectivity index (χ1) is 10.7. The maximum atomic E-state index is 12.2. The molecule has 22 heavy (non-hydrogen) atoms. The van der Waals surface area contributed by atoms with E-state index in [4.69, 9.17) is 0 Å². The Balaban J connectivity index is 1.56. The maximum absolute atomic E-state index is 12.2. The third-order valence-corrected chi connectivity index (χ3v) is 4.70. The van der Waals surface area contributed by atoms with Gasteiger partial charge in [-0.1, -0.05) is 19.3 Å². The van der Waals surface area contributed by atoms with E-state index in [-0.39, 0.29) is 11.8 Å². The summed E-state index contributed by atoms with van der Waals surface area (Å²) in [6, 6.07) is 3.82.